The Bertz CT molecular complexity index is 187. The average molecular weight is 273 g/mol. The molecule has 0 saturated heterocycles. The number of hydrogen-bond donors (Lipinski definition) is 3. The fourth-order valence-electron chi connectivity index (χ4n) is 0.337. The predicted octanol–water partition coefficient (Wildman–Crippen LogP) is 0.290. The van der Waals surface area contributed by atoms with E-state index in [0.717, 1.165) is 0 Å². The van der Waals surface area contributed by atoms with Gasteiger partial charge < -0.3 is 16.4 Å². The van der Waals surface area contributed by atoms with Gasteiger partial charge in [0.25, 0.3) is 0 Å². The van der Waals surface area contributed by atoms with E-state index in [4.69, 9.17) is 23.2 Å². The fourth-order valence-corrected chi connectivity index (χ4v) is 0.516. The van der Waals surface area contributed by atoms with Gasteiger partial charge in [0.15, 0.2) is 0 Å². The van der Waals surface area contributed by atoms with Gasteiger partial charge in [-0.1, -0.05) is 0 Å². The van der Waals surface area contributed by atoms with Crippen LogP contribution in [0.1, 0.15) is 0 Å². The van der Waals surface area contributed by atoms with Crippen LogP contribution < -0.4 is 16.4 Å². The summed E-state index contributed by atoms with van der Waals surface area (Å²) in [6, 6.07) is -0.189. The van der Waals surface area contributed by atoms with Gasteiger partial charge in [-0.05, 0) is 7.05 Å². The molecule has 0 aliphatic carbocycles. The van der Waals surface area contributed by atoms with Crippen molar-refractivity contribution in [3.05, 3.63) is 0 Å². The Balaban J connectivity index is -0.000000188. The van der Waals surface area contributed by atoms with Crippen LogP contribution in [0.3, 0.4) is 0 Å². The highest BCUT2D eigenvalue weighted by molar-refractivity contribution is 6.18. The highest BCUT2D eigenvalue weighted by Crippen LogP contribution is 1.71. The fraction of sp³-hybridized carbons (Fsp3) is 0.750. The molecule has 96 valence electrons. The lowest BCUT2D eigenvalue weighted by atomic mass is 10.7. The van der Waals surface area contributed by atoms with Crippen molar-refractivity contribution in [2.45, 2.75) is 0 Å². The Morgan fingerprint density at radius 2 is 1.94 bits per heavy atom. The number of halogens is 2. The molecule has 0 aliphatic heterocycles. The summed E-state index contributed by atoms with van der Waals surface area (Å²) in [5.41, 5.74) is 4.50. The summed E-state index contributed by atoms with van der Waals surface area (Å²) in [5.74, 6) is 0.850. The molecule has 0 heterocycles. The number of hydrogen-bond acceptors (Lipinski definition) is 4. The van der Waals surface area contributed by atoms with Crippen molar-refractivity contribution in [3.63, 3.8) is 0 Å². The van der Waals surface area contributed by atoms with Crippen LogP contribution in [0.25, 0.3) is 0 Å². The first-order valence-electron chi connectivity index (χ1n) is 4.41. The molecule has 0 fully saturated rings. The number of alkyl halides is 2. The Kier molecular flexibility index (Phi) is 30.6. The van der Waals surface area contributed by atoms with Gasteiger partial charge in [0.1, 0.15) is 0 Å². The van der Waals surface area contributed by atoms with Crippen molar-refractivity contribution in [2.75, 3.05) is 38.9 Å². The van der Waals surface area contributed by atoms with Crippen LogP contribution in [0.5, 0.6) is 0 Å². The Labute approximate surface area is 106 Å². The molecule has 0 radical (unpaired) electrons. The number of urea groups is 1. The Hall–Kier alpha value is -0.810. The van der Waals surface area contributed by atoms with Crippen LogP contribution in [0, 0.1) is 0 Å². The molecule has 0 aromatic carbocycles. The highest BCUT2D eigenvalue weighted by Gasteiger charge is 1.89. The predicted molar refractivity (Wildman–Crippen MR) is 67.0 cm³/mol. The summed E-state index contributed by atoms with van der Waals surface area (Å²) in [7, 11) is 3.06. The van der Waals surface area contributed by atoms with Gasteiger partial charge in [0, 0.05) is 25.4 Å². The van der Waals surface area contributed by atoms with Crippen LogP contribution in [0.15, 0.2) is 4.99 Å². The van der Waals surface area contributed by atoms with Gasteiger partial charge in [-0.15, -0.1) is 23.2 Å². The third kappa shape index (κ3) is 29.2. The maximum atomic E-state index is 10.3. The minimum atomic E-state index is -0.189. The smallest absolute Gasteiger partial charge is 0.314 e. The minimum absolute atomic E-state index is 0.189. The van der Waals surface area contributed by atoms with Crippen molar-refractivity contribution < 1.29 is 9.59 Å². The second kappa shape index (κ2) is 23.8. The van der Waals surface area contributed by atoms with Crippen molar-refractivity contribution in [1.82, 2.24) is 10.6 Å². The lowest BCUT2D eigenvalue weighted by molar-refractivity contribution is 0.243. The van der Waals surface area contributed by atoms with E-state index in [-0.39, 0.29) is 6.03 Å². The van der Waals surface area contributed by atoms with Gasteiger partial charge in [-0.2, -0.15) is 0 Å². The standard InChI is InChI=1S/C4H9ClN2O.C3H4ClNO.CH5N/c1-6-4(8)7-3-2-5;4-1-2-5-3-6;1-2/h2-3H2,1H3,(H2,6,7,8);1-2H2;2H2,1H3. The zero-order valence-corrected chi connectivity index (χ0v) is 10.9. The van der Waals surface area contributed by atoms with Crippen molar-refractivity contribution in [2.24, 2.45) is 10.7 Å². The van der Waals surface area contributed by atoms with Crippen molar-refractivity contribution in [1.29, 1.82) is 0 Å². The van der Waals surface area contributed by atoms with Gasteiger partial charge in [-0.3, -0.25) is 0 Å². The SMILES string of the molecule is CN.CNC(=O)NCCCl.O=C=NCCCl. The second-order valence-electron chi connectivity index (χ2n) is 1.86. The maximum Gasteiger partial charge on any atom is 0.314 e. The van der Waals surface area contributed by atoms with Crippen LogP contribution in [-0.2, 0) is 4.79 Å². The van der Waals surface area contributed by atoms with Gasteiger partial charge in [-0.25, -0.2) is 14.6 Å². The maximum absolute atomic E-state index is 10.3. The molecule has 6 nitrogen and oxygen atoms in total. The molecule has 0 rings (SSSR count). The zero-order chi connectivity index (χ0) is 13.2. The molecule has 0 atom stereocenters. The molecule has 2 amide bonds. The first kappa shape index (κ1) is 20.6. The van der Waals surface area contributed by atoms with E-state index in [1.807, 2.05) is 0 Å². The van der Waals surface area contributed by atoms with Crippen LogP contribution in [0.2, 0.25) is 0 Å². The molecule has 4 N–H and O–H groups in total. The number of aliphatic imine (C=N–C) groups is 1. The molecular weight excluding hydrogens is 255 g/mol. The number of amides is 2. The zero-order valence-electron chi connectivity index (χ0n) is 9.43. The number of nitrogens with two attached hydrogens (primary N) is 1. The lowest BCUT2D eigenvalue weighted by Crippen LogP contribution is -2.33. The molecular formula is C8H18Cl2N4O2. The largest absolute Gasteiger partial charge is 0.341 e. The van der Waals surface area contributed by atoms with Gasteiger partial charge >= 0.3 is 6.03 Å². The average Bonchev–Trinajstić information content (AvgIpc) is 2.36. The van der Waals surface area contributed by atoms with E-state index < -0.39 is 0 Å². The minimum Gasteiger partial charge on any atom is -0.341 e. The summed E-state index contributed by atoms with van der Waals surface area (Å²) in [4.78, 5) is 22.7. The molecule has 0 saturated carbocycles. The van der Waals surface area contributed by atoms with Gasteiger partial charge in [0.05, 0.1) is 6.54 Å². The quantitative estimate of drug-likeness (QED) is 0.390. The third-order valence-corrected chi connectivity index (χ3v) is 1.23. The van der Waals surface area contributed by atoms with E-state index in [1.54, 1.807) is 7.05 Å². The topological polar surface area (TPSA) is 96.6 Å². The summed E-state index contributed by atoms with van der Waals surface area (Å²) in [5, 5.41) is 4.89. The van der Waals surface area contributed by atoms with Crippen LogP contribution in [-0.4, -0.2) is 51.1 Å². The molecule has 0 unspecified atom stereocenters. The van der Waals surface area contributed by atoms with E-state index in [1.165, 1.54) is 13.1 Å². The van der Waals surface area contributed by atoms with Crippen LogP contribution >= 0.6 is 23.2 Å². The normalized spacial score (nSPS) is 7.06. The number of rotatable bonds is 4. The molecule has 0 aromatic heterocycles. The lowest BCUT2D eigenvalue weighted by Gasteiger charge is -1.98. The second-order valence-corrected chi connectivity index (χ2v) is 2.61. The van der Waals surface area contributed by atoms with E-state index in [0.29, 0.717) is 24.8 Å². The van der Waals surface area contributed by atoms with Crippen LogP contribution in [0.4, 0.5) is 4.79 Å². The number of carbonyl (C=O) groups is 1. The van der Waals surface area contributed by atoms with E-state index in [9.17, 15) is 9.59 Å². The molecule has 8 heteroatoms. The summed E-state index contributed by atoms with van der Waals surface area (Å²) in [6.07, 6.45) is 1.36. The number of nitrogens with zero attached hydrogens (tertiary/aromatic N) is 1. The number of nitrogens with one attached hydrogen (secondary N) is 2. The molecule has 0 aliphatic rings. The molecule has 0 aromatic rings. The molecule has 0 spiro atoms. The molecule has 0 bridgehead atoms. The summed E-state index contributed by atoms with van der Waals surface area (Å²) >= 11 is 10.4. The highest BCUT2D eigenvalue weighted by atomic mass is 35.5. The number of isocyanates is 1. The van der Waals surface area contributed by atoms with Gasteiger partial charge in [0.2, 0.25) is 6.08 Å². The van der Waals surface area contributed by atoms with Crippen molar-refractivity contribution >= 4 is 35.3 Å². The van der Waals surface area contributed by atoms with E-state index >= 15 is 0 Å². The summed E-state index contributed by atoms with van der Waals surface area (Å²) < 4.78 is 0. The monoisotopic (exact) mass is 272 g/mol. The van der Waals surface area contributed by atoms with Crippen molar-refractivity contribution in [3.8, 4) is 0 Å². The van der Waals surface area contributed by atoms with E-state index in [2.05, 4.69) is 21.4 Å². The third-order valence-electron chi connectivity index (χ3n) is 0.868. The first-order valence-corrected chi connectivity index (χ1v) is 5.48. The molecule has 16 heavy (non-hydrogen) atoms. The summed E-state index contributed by atoms with van der Waals surface area (Å²) in [6.45, 7) is 0.895. The Morgan fingerprint density at radius 1 is 1.38 bits per heavy atom. The first-order chi connectivity index (χ1) is 7.72. The number of carbonyl (C=O) groups excluding carboxylic acids is 2. The Morgan fingerprint density at radius 3 is 2.19 bits per heavy atom.